The van der Waals surface area contributed by atoms with Crippen molar-refractivity contribution in [1.29, 1.82) is 0 Å². The van der Waals surface area contributed by atoms with Crippen LogP contribution in [0.2, 0.25) is 0 Å². The Morgan fingerprint density at radius 3 is 2.74 bits per heavy atom. The van der Waals surface area contributed by atoms with E-state index in [4.69, 9.17) is 4.74 Å². The fraction of sp³-hybridized carbons (Fsp3) is 0.407. The number of aromatic nitrogens is 1. The molecule has 176 valence electrons. The number of aromatic amines is 1. The summed E-state index contributed by atoms with van der Waals surface area (Å²) in [4.78, 5) is 35.0. The van der Waals surface area contributed by atoms with E-state index in [1.807, 2.05) is 42.5 Å². The maximum Gasteiger partial charge on any atom is 0.319 e. The third-order valence-corrected chi connectivity index (χ3v) is 7.91. The molecule has 0 saturated heterocycles. The summed E-state index contributed by atoms with van der Waals surface area (Å²) < 4.78 is 5.47. The number of amides is 3. The maximum absolute atomic E-state index is 14.2. The number of anilines is 1. The van der Waals surface area contributed by atoms with E-state index in [1.165, 1.54) is 6.42 Å². The number of para-hydroxylation sites is 1. The van der Waals surface area contributed by atoms with Crippen molar-refractivity contribution in [3.05, 3.63) is 59.3 Å². The van der Waals surface area contributed by atoms with Crippen molar-refractivity contribution in [2.24, 2.45) is 0 Å². The molecule has 7 nitrogen and oxygen atoms in total. The highest BCUT2D eigenvalue weighted by atomic mass is 16.5. The second-order valence-electron chi connectivity index (χ2n) is 9.67. The van der Waals surface area contributed by atoms with Crippen LogP contribution < -0.4 is 15.0 Å². The lowest BCUT2D eigenvalue weighted by Crippen LogP contribution is -2.62. The molecule has 0 radical (unpaired) electrons. The standard InChI is InChI=1S/C27H30N4O3/c1-30-23-11-7-6-10-21(23)27(25(30)32)24-19(20-16-18(34-2)12-13-22(20)29-24)14-15-31(27)26(33)28-17-8-4-3-5-9-17/h6-7,10-13,16-17,29H,3-5,8-9,14-15H2,1-2H3,(H,28,33). The van der Waals surface area contributed by atoms with Crippen LogP contribution in [-0.4, -0.2) is 48.6 Å². The minimum absolute atomic E-state index is 0.105. The van der Waals surface area contributed by atoms with E-state index in [-0.39, 0.29) is 18.0 Å². The van der Waals surface area contributed by atoms with Crippen LogP contribution in [0.15, 0.2) is 42.5 Å². The Balaban J connectivity index is 1.55. The van der Waals surface area contributed by atoms with Crippen LogP contribution in [0.1, 0.15) is 48.9 Å². The van der Waals surface area contributed by atoms with Crippen molar-refractivity contribution in [3.63, 3.8) is 0 Å². The van der Waals surface area contributed by atoms with Gasteiger partial charge >= 0.3 is 6.03 Å². The summed E-state index contributed by atoms with van der Waals surface area (Å²) in [6, 6.07) is 13.8. The van der Waals surface area contributed by atoms with Crippen molar-refractivity contribution in [2.75, 3.05) is 25.6 Å². The van der Waals surface area contributed by atoms with Gasteiger partial charge in [0.05, 0.1) is 12.8 Å². The van der Waals surface area contributed by atoms with E-state index >= 15 is 0 Å². The lowest BCUT2D eigenvalue weighted by molar-refractivity contribution is -0.126. The Morgan fingerprint density at radius 2 is 1.94 bits per heavy atom. The van der Waals surface area contributed by atoms with Gasteiger partial charge in [-0.2, -0.15) is 0 Å². The number of rotatable bonds is 2. The zero-order valence-corrected chi connectivity index (χ0v) is 19.7. The first-order valence-corrected chi connectivity index (χ1v) is 12.2. The second-order valence-corrected chi connectivity index (χ2v) is 9.67. The van der Waals surface area contributed by atoms with E-state index in [0.717, 1.165) is 64.8 Å². The van der Waals surface area contributed by atoms with Gasteiger partial charge in [0.25, 0.3) is 5.91 Å². The average molecular weight is 459 g/mol. The number of carbonyl (C=O) groups is 2. The Kier molecular flexibility index (Phi) is 4.83. The number of carbonyl (C=O) groups excluding carboxylic acids is 2. The molecule has 34 heavy (non-hydrogen) atoms. The lowest BCUT2D eigenvalue weighted by Gasteiger charge is -2.44. The third kappa shape index (κ3) is 2.82. The minimum atomic E-state index is -1.22. The number of benzene rings is 2. The summed E-state index contributed by atoms with van der Waals surface area (Å²) in [7, 11) is 3.46. The van der Waals surface area contributed by atoms with Gasteiger partial charge in [-0.15, -0.1) is 0 Å². The summed E-state index contributed by atoms with van der Waals surface area (Å²) in [5.74, 6) is 0.669. The summed E-state index contributed by atoms with van der Waals surface area (Å²) in [6.45, 7) is 0.462. The van der Waals surface area contributed by atoms with Crippen LogP contribution in [0.25, 0.3) is 10.9 Å². The Morgan fingerprint density at radius 1 is 1.15 bits per heavy atom. The van der Waals surface area contributed by atoms with Crippen molar-refractivity contribution in [3.8, 4) is 5.75 Å². The largest absolute Gasteiger partial charge is 0.497 e. The third-order valence-electron chi connectivity index (χ3n) is 7.91. The molecule has 3 heterocycles. The number of H-pyrrole nitrogens is 1. The smallest absolute Gasteiger partial charge is 0.319 e. The molecule has 6 rings (SSSR count). The number of methoxy groups -OCH3 is 1. The molecule has 1 unspecified atom stereocenters. The van der Waals surface area contributed by atoms with Crippen molar-refractivity contribution in [2.45, 2.75) is 50.1 Å². The second kappa shape index (κ2) is 7.79. The molecule has 1 atom stereocenters. The predicted molar refractivity (Wildman–Crippen MR) is 131 cm³/mol. The Hall–Kier alpha value is -3.48. The van der Waals surface area contributed by atoms with Crippen molar-refractivity contribution in [1.82, 2.24) is 15.2 Å². The minimum Gasteiger partial charge on any atom is -0.497 e. The summed E-state index contributed by atoms with van der Waals surface area (Å²) >= 11 is 0. The first kappa shape index (κ1) is 21.1. The fourth-order valence-corrected chi connectivity index (χ4v) is 6.24. The van der Waals surface area contributed by atoms with Crippen LogP contribution in [0.3, 0.4) is 0 Å². The number of urea groups is 1. The highest BCUT2D eigenvalue weighted by molar-refractivity contribution is 6.12. The Bertz CT molecular complexity index is 1290. The predicted octanol–water partition coefficient (Wildman–Crippen LogP) is 4.30. The van der Waals surface area contributed by atoms with E-state index < -0.39 is 5.54 Å². The number of hydrogen-bond acceptors (Lipinski definition) is 3. The SMILES string of the molecule is COc1ccc2[nH]c3c(c2c1)CCN(C(=O)NC1CCCCC1)C31C(=O)N(C)c2ccccc21. The maximum atomic E-state index is 14.2. The molecule has 3 aromatic rings. The van der Waals surface area contributed by atoms with Crippen molar-refractivity contribution >= 4 is 28.5 Å². The molecule has 0 bridgehead atoms. The van der Waals surface area contributed by atoms with Gasteiger partial charge in [-0.05, 0) is 49.1 Å². The number of likely N-dealkylation sites (N-methyl/N-ethyl adjacent to an activating group) is 1. The molecule has 2 aromatic carbocycles. The highest BCUT2D eigenvalue weighted by Gasteiger charge is 2.60. The molecule has 2 aliphatic heterocycles. The van der Waals surface area contributed by atoms with E-state index in [2.05, 4.69) is 10.3 Å². The van der Waals surface area contributed by atoms with Gasteiger partial charge in [0.2, 0.25) is 0 Å². The van der Waals surface area contributed by atoms with Gasteiger partial charge in [-0.25, -0.2) is 4.79 Å². The fourth-order valence-electron chi connectivity index (χ4n) is 6.24. The number of hydrogen-bond donors (Lipinski definition) is 2. The molecular weight excluding hydrogens is 428 g/mol. The lowest BCUT2D eigenvalue weighted by atomic mass is 9.80. The molecule has 3 amide bonds. The average Bonchev–Trinajstić information content (AvgIpc) is 3.35. The molecule has 1 fully saturated rings. The molecule has 1 spiro atoms. The number of nitrogens with one attached hydrogen (secondary N) is 2. The van der Waals surface area contributed by atoms with Gasteiger partial charge in [0.15, 0.2) is 5.54 Å². The molecular formula is C27H30N4O3. The molecule has 1 saturated carbocycles. The van der Waals surface area contributed by atoms with E-state index in [0.29, 0.717) is 13.0 Å². The number of fused-ring (bicyclic) bond motifs is 6. The monoisotopic (exact) mass is 458 g/mol. The molecule has 3 aliphatic rings. The number of nitrogens with zero attached hydrogens (tertiary/aromatic N) is 2. The van der Waals surface area contributed by atoms with Gasteiger partial charge in [-0.3, -0.25) is 4.79 Å². The van der Waals surface area contributed by atoms with Crippen LogP contribution >= 0.6 is 0 Å². The van der Waals surface area contributed by atoms with E-state index in [1.54, 1.807) is 24.0 Å². The van der Waals surface area contributed by atoms with Gasteiger partial charge < -0.3 is 24.8 Å². The van der Waals surface area contributed by atoms with Crippen LogP contribution in [0, 0.1) is 0 Å². The van der Waals surface area contributed by atoms with E-state index in [9.17, 15) is 9.59 Å². The summed E-state index contributed by atoms with van der Waals surface area (Å²) in [5.41, 5.74) is 3.29. The normalized spacial score (nSPS) is 22.2. The van der Waals surface area contributed by atoms with Gasteiger partial charge in [0.1, 0.15) is 5.75 Å². The zero-order valence-electron chi connectivity index (χ0n) is 19.7. The molecule has 1 aromatic heterocycles. The summed E-state index contributed by atoms with van der Waals surface area (Å²) in [6.07, 6.45) is 6.14. The highest BCUT2D eigenvalue weighted by Crippen LogP contribution is 2.51. The van der Waals surface area contributed by atoms with Crippen molar-refractivity contribution < 1.29 is 14.3 Å². The zero-order chi connectivity index (χ0) is 23.4. The molecule has 2 N–H and O–H groups in total. The van der Waals surface area contributed by atoms with Gasteiger partial charge in [0, 0.05) is 41.8 Å². The van der Waals surface area contributed by atoms with Crippen LogP contribution in [0.4, 0.5) is 10.5 Å². The summed E-state index contributed by atoms with van der Waals surface area (Å²) in [5, 5.41) is 4.31. The van der Waals surface area contributed by atoms with Crippen LogP contribution in [0.5, 0.6) is 5.75 Å². The molecule has 7 heteroatoms. The first-order valence-electron chi connectivity index (χ1n) is 12.2. The molecule has 1 aliphatic carbocycles. The Labute approximate surface area is 199 Å². The quantitative estimate of drug-likeness (QED) is 0.601. The van der Waals surface area contributed by atoms with Crippen LogP contribution in [-0.2, 0) is 16.8 Å². The first-order chi connectivity index (χ1) is 16.6. The topological polar surface area (TPSA) is 77.7 Å². The number of ether oxygens (including phenoxy) is 1. The van der Waals surface area contributed by atoms with Gasteiger partial charge in [-0.1, -0.05) is 37.5 Å².